The number of methoxy groups -OCH3 is 1. The first kappa shape index (κ1) is 35.2. The highest BCUT2D eigenvalue weighted by molar-refractivity contribution is 7.92. The van der Waals surface area contributed by atoms with Gasteiger partial charge >= 0.3 is 5.97 Å². The average Bonchev–Trinajstić information content (AvgIpc) is 3.14. The van der Waals surface area contributed by atoms with Crippen molar-refractivity contribution in [2.45, 2.75) is 17.4 Å². The number of nitriles is 1. The molecular weight excluding hydrogens is 696 g/mol. The van der Waals surface area contributed by atoms with Crippen molar-refractivity contribution in [2.24, 2.45) is 0 Å². The molecule has 2 N–H and O–H groups in total. The first-order valence-electron chi connectivity index (χ1n) is 15.5. The van der Waals surface area contributed by atoms with Crippen LogP contribution in [0.5, 0.6) is 0 Å². The van der Waals surface area contributed by atoms with Gasteiger partial charge in [0.05, 0.1) is 34.8 Å². The van der Waals surface area contributed by atoms with Gasteiger partial charge in [-0.3, -0.25) is 14.5 Å². The molecule has 0 aliphatic heterocycles. The van der Waals surface area contributed by atoms with Gasteiger partial charge in [0.15, 0.2) is 0 Å². The van der Waals surface area contributed by atoms with Crippen molar-refractivity contribution in [3.05, 3.63) is 144 Å². The van der Waals surface area contributed by atoms with Gasteiger partial charge in [-0.1, -0.05) is 48.5 Å². The number of aromatic nitrogens is 2. The highest BCUT2D eigenvalue weighted by Crippen LogP contribution is 2.32. The monoisotopic (exact) mass is 721 g/mol. The summed E-state index contributed by atoms with van der Waals surface area (Å²) >= 11 is 0. The summed E-state index contributed by atoms with van der Waals surface area (Å²) in [5.41, 5.74) is 2.20. The van der Waals surface area contributed by atoms with Crippen LogP contribution in [0.4, 0.5) is 18.9 Å². The topological polar surface area (TPSA) is 151 Å². The summed E-state index contributed by atoms with van der Waals surface area (Å²) in [6.45, 7) is 0. The Kier molecular flexibility index (Phi) is 9.97. The zero-order chi connectivity index (χ0) is 37.0. The van der Waals surface area contributed by atoms with Gasteiger partial charge in [-0.05, 0) is 59.2 Å². The van der Waals surface area contributed by atoms with Crippen LogP contribution < -0.4 is 10.0 Å². The molecule has 6 aromatic rings. The Labute approximate surface area is 295 Å². The number of halogens is 3. The summed E-state index contributed by atoms with van der Waals surface area (Å²) in [5, 5.41) is 12.6. The summed E-state index contributed by atoms with van der Waals surface area (Å²) in [5.74, 6) is -5.69. The van der Waals surface area contributed by atoms with E-state index in [4.69, 9.17) is 4.74 Å². The van der Waals surface area contributed by atoms with Crippen molar-refractivity contribution in [3.8, 4) is 28.3 Å². The van der Waals surface area contributed by atoms with Crippen molar-refractivity contribution < 1.29 is 35.9 Å². The summed E-state index contributed by atoms with van der Waals surface area (Å²) < 4.78 is 77.2. The fraction of sp³-hybridized carbons (Fsp3) is 0.0789. The Balaban J connectivity index is 1.23. The minimum absolute atomic E-state index is 0.156. The number of carbonyl (C=O) groups is 2. The molecule has 0 unspecified atom stereocenters. The standard InChI is InChI=1S/C38H26F3N5O5S/c1-51-38(48)33(17-24-10-13-30(36-29(24)7-4-15-44-36)28-6-3-2-5-25(28)21-42)45-37(47)35-31(39)19-26(20-32(35)40)46-52(49,50)27-11-8-22(9-12-27)23-14-16-43-34(41)18-23/h2-16,18-20,33,46H,17H2,1H3,(H,45,47)/t33-/m0/s1. The zero-order valence-electron chi connectivity index (χ0n) is 27.1. The number of hydrogen-bond acceptors (Lipinski definition) is 8. The normalized spacial score (nSPS) is 11.8. The number of pyridine rings is 2. The minimum atomic E-state index is -4.35. The van der Waals surface area contributed by atoms with Crippen molar-refractivity contribution in [1.82, 2.24) is 15.3 Å². The molecule has 1 atom stereocenters. The van der Waals surface area contributed by atoms with Crippen LogP contribution in [0, 0.1) is 28.9 Å². The van der Waals surface area contributed by atoms with Gasteiger partial charge in [0.25, 0.3) is 15.9 Å². The second-order valence-electron chi connectivity index (χ2n) is 11.4. The van der Waals surface area contributed by atoms with Gasteiger partial charge in [-0.2, -0.15) is 9.65 Å². The number of carbonyl (C=O) groups excluding carboxylic acids is 2. The third kappa shape index (κ3) is 7.30. The van der Waals surface area contributed by atoms with Gasteiger partial charge in [0, 0.05) is 41.4 Å². The van der Waals surface area contributed by atoms with E-state index in [1.165, 1.54) is 42.6 Å². The molecule has 0 bridgehead atoms. The van der Waals surface area contributed by atoms with Crippen molar-refractivity contribution >= 4 is 38.5 Å². The third-order valence-electron chi connectivity index (χ3n) is 8.16. The minimum Gasteiger partial charge on any atom is -0.467 e. The number of nitrogens with one attached hydrogen (secondary N) is 2. The van der Waals surface area contributed by atoms with Crippen LogP contribution in [0.1, 0.15) is 21.5 Å². The number of benzene rings is 4. The second-order valence-corrected chi connectivity index (χ2v) is 13.1. The van der Waals surface area contributed by atoms with Crippen LogP contribution in [0.3, 0.4) is 0 Å². The smallest absolute Gasteiger partial charge is 0.328 e. The van der Waals surface area contributed by atoms with Crippen LogP contribution in [0.25, 0.3) is 33.2 Å². The lowest BCUT2D eigenvalue weighted by Gasteiger charge is -2.19. The molecule has 0 aliphatic carbocycles. The highest BCUT2D eigenvalue weighted by Gasteiger charge is 2.28. The van der Waals surface area contributed by atoms with Crippen molar-refractivity contribution in [1.29, 1.82) is 5.26 Å². The van der Waals surface area contributed by atoms with E-state index in [1.807, 2.05) is 0 Å². The largest absolute Gasteiger partial charge is 0.467 e. The van der Waals surface area contributed by atoms with E-state index in [-0.39, 0.29) is 11.3 Å². The van der Waals surface area contributed by atoms with Gasteiger partial charge in [-0.15, -0.1) is 0 Å². The average molecular weight is 722 g/mol. The number of ether oxygens (including phenoxy) is 1. The number of amides is 1. The number of rotatable bonds is 10. The van der Waals surface area contributed by atoms with Crippen LogP contribution in [0.2, 0.25) is 0 Å². The summed E-state index contributed by atoms with van der Waals surface area (Å²) in [6, 6.07) is 23.9. The third-order valence-corrected chi connectivity index (χ3v) is 9.56. The molecule has 2 aromatic heterocycles. The van der Waals surface area contributed by atoms with E-state index in [0.717, 1.165) is 7.11 Å². The van der Waals surface area contributed by atoms with E-state index in [2.05, 4.69) is 26.1 Å². The fourth-order valence-electron chi connectivity index (χ4n) is 5.70. The van der Waals surface area contributed by atoms with Crippen LogP contribution >= 0.6 is 0 Å². The number of sulfonamides is 1. The molecule has 0 saturated heterocycles. The molecule has 10 nitrogen and oxygen atoms in total. The van der Waals surface area contributed by atoms with Gasteiger partial charge in [-0.25, -0.2) is 27.0 Å². The van der Waals surface area contributed by atoms with Gasteiger partial charge in [0.2, 0.25) is 5.95 Å². The molecule has 1 amide bonds. The highest BCUT2D eigenvalue weighted by atomic mass is 32.2. The summed E-state index contributed by atoms with van der Waals surface area (Å²) in [6.07, 6.45) is 2.68. The van der Waals surface area contributed by atoms with Gasteiger partial charge < -0.3 is 10.1 Å². The molecule has 6 rings (SSSR count). The Morgan fingerprint density at radius 2 is 1.58 bits per heavy atom. The maximum atomic E-state index is 15.3. The molecule has 0 spiro atoms. The number of hydrogen-bond donors (Lipinski definition) is 2. The Morgan fingerprint density at radius 3 is 2.27 bits per heavy atom. The number of fused-ring (bicyclic) bond motifs is 1. The molecule has 0 aliphatic rings. The van der Waals surface area contributed by atoms with E-state index >= 15 is 8.78 Å². The molecule has 2 heterocycles. The molecular formula is C38H26F3N5O5S. The molecule has 0 fully saturated rings. The van der Waals surface area contributed by atoms with E-state index in [9.17, 15) is 27.7 Å². The number of esters is 1. The number of nitrogens with zero attached hydrogens (tertiary/aromatic N) is 3. The fourth-order valence-corrected chi connectivity index (χ4v) is 6.74. The predicted octanol–water partition coefficient (Wildman–Crippen LogP) is 6.57. The van der Waals surface area contributed by atoms with E-state index in [1.54, 1.807) is 54.7 Å². The molecule has 4 aromatic carbocycles. The van der Waals surface area contributed by atoms with Crippen LogP contribution in [-0.2, 0) is 26.0 Å². The lowest BCUT2D eigenvalue weighted by Crippen LogP contribution is -2.43. The Hall–Kier alpha value is -6.59. The molecule has 52 heavy (non-hydrogen) atoms. The predicted molar refractivity (Wildman–Crippen MR) is 186 cm³/mol. The first-order chi connectivity index (χ1) is 25.0. The summed E-state index contributed by atoms with van der Waals surface area (Å²) in [7, 11) is -3.26. The molecule has 14 heteroatoms. The van der Waals surface area contributed by atoms with Crippen LogP contribution in [-0.4, -0.2) is 43.4 Å². The zero-order valence-corrected chi connectivity index (χ0v) is 27.9. The molecule has 260 valence electrons. The van der Waals surface area contributed by atoms with Gasteiger partial charge in [0.1, 0.15) is 23.2 Å². The Morgan fingerprint density at radius 1 is 0.846 bits per heavy atom. The lowest BCUT2D eigenvalue weighted by molar-refractivity contribution is -0.142. The second kappa shape index (κ2) is 14.7. The van der Waals surface area contributed by atoms with Crippen molar-refractivity contribution in [3.63, 3.8) is 0 Å². The maximum Gasteiger partial charge on any atom is 0.328 e. The Bertz CT molecular complexity index is 2480. The number of anilines is 1. The maximum absolute atomic E-state index is 15.3. The van der Waals surface area contributed by atoms with E-state index in [0.29, 0.717) is 56.4 Å². The first-order valence-corrected chi connectivity index (χ1v) is 17.0. The molecule has 0 saturated carbocycles. The SMILES string of the molecule is COC(=O)[C@H](Cc1ccc(-c2ccccc2C#N)c2ncccc12)NC(=O)c1c(F)cc(NS(=O)(=O)c2ccc(-c3ccnc(F)c3)cc2)cc1F. The van der Waals surface area contributed by atoms with Crippen LogP contribution in [0.15, 0.2) is 114 Å². The quantitative estimate of drug-likeness (QED) is 0.119. The van der Waals surface area contributed by atoms with Crippen molar-refractivity contribution in [2.75, 3.05) is 11.8 Å². The lowest BCUT2D eigenvalue weighted by atomic mass is 9.93. The molecule has 0 radical (unpaired) electrons. The van der Waals surface area contributed by atoms with E-state index < -0.39 is 56.8 Å². The summed E-state index contributed by atoms with van der Waals surface area (Å²) in [4.78, 5) is 33.8.